The molecule has 30 heavy (non-hydrogen) atoms. The molecule has 3 N–H and O–H groups in total. The molecule has 2 aromatic heterocycles. The number of aromatic nitrogens is 2. The van der Waals surface area contributed by atoms with Crippen molar-refractivity contribution < 1.29 is 4.79 Å². The van der Waals surface area contributed by atoms with Crippen LogP contribution in [0.4, 0.5) is 11.4 Å². The Balaban J connectivity index is 1.74. The van der Waals surface area contributed by atoms with Gasteiger partial charge >= 0.3 is 0 Å². The third kappa shape index (κ3) is 4.28. The normalized spacial score (nSPS) is 16.1. The van der Waals surface area contributed by atoms with E-state index in [0.717, 1.165) is 38.8 Å². The van der Waals surface area contributed by atoms with Crippen LogP contribution in [-0.4, -0.2) is 26.3 Å². The quantitative estimate of drug-likeness (QED) is 0.521. The molecule has 0 saturated carbocycles. The number of fused-ring (bicyclic) bond motifs is 1. The van der Waals surface area contributed by atoms with Gasteiger partial charge in [-0.2, -0.15) is 0 Å². The molecule has 6 heteroatoms. The molecule has 4 rings (SSSR count). The summed E-state index contributed by atoms with van der Waals surface area (Å²) in [5, 5.41) is 6.65. The van der Waals surface area contributed by atoms with Crippen molar-refractivity contribution in [2.24, 2.45) is 5.92 Å². The van der Waals surface area contributed by atoms with E-state index in [1.54, 1.807) is 12.4 Å². The highest BCUT2D eigenvalue weighted by atomic mass is 32.1. The van der Waals surface area contributed by atoms with Crippen molar-refractivity contribution in [3.63, 3.8) is 0 Å². The van der Waals surface area contributed by atoms with Crippen LogP contribution >= 0.6 is 12.2 Å². The van der Waals surface area contributed by atoms with Crippen LogP contribution in [-0.2, 0) is 11.2 Å². The summed E-state index contributed by atoms with van der Waals surface area (Å²) in [6.45, 7) is 5.99. The van der Waals surface area contributed by atoms with E-state index >= 15 is 0 Å². The van der Waals surface area contributed by atoms with Crippen LogP contribution in [0.5, 0.6) is 0 Å². The number of rotatable bonds is 4. The first-order chi connectivity index (χ1) is 14.3. The number of hydrogen-bond acceptors (Lipinski definition) is 4. The summed E-state index contributed by atoms with van der Waals surface area (Å²) in [5.74, 6) is -0.120. The fraction of sp³-hybridized carbons (Fsp3) is 0.292. The fourth-order valence-electron chi connectivity index (χ4n) is 3.84. The Morgan fingerprint density at radius 1 is 1.10 bits per heavy atom. The predicted octanol–water partition coefficient (Wildman–Crippen LogP) is 5.02. The van der Waals surface area contributed by atoms with Crippen LogP contribution in [0.15, 0.2) is 54.9 Å². The Morgan fingerprint density at radius 3 is 2.47 bits per heavy atom. The van der Waals surface area contributed by atoms with E-state index in [4.69, 9.17) is 12.2 Å². The van der Waals surface area contributed by atoms with Crippen molar-refractivity contribution in [3.8, 4) is 11.3 Å². The summed E-state index contributed by atoms with van der Waals surface area (Å²) in [5.41, 5.74) is 5.69. The van der Waals surface area contributed by atoms with E-state index in [2.05, 4.69) is 20.6 Å². The minimum absolute atomic E-state index is 0.0492. The summed E-state index contributed by atoms with van der Waals surface area (Å²) in [6, 6.07) is 14.0. The second-order valence-corrected chi connectivity index (χ2v) is 9.22. The van der Waals surface area contributed by atoms with Gasteiger partial charge in [0.2, 0.25) is 5.91 Å². The molecule has 0 spiro atoms. The summed E-state index contributed by atoms with van der Waals surface area (Å²) >= 11 is 5.81. The number of benzene rings is 1. The molecule has 0 aliphatic heterocycles. The van der Waals surface area contributed by atoms with Gasteiger partial charge in [0, 0.05) is 57.6 Å². The lowest BCUT2D eigenvalue weighted by molar-refractivity contribution is -0.126. The maximum Gasteiger partial charge on any atom is 0.224 e. The minimum atomic E-state index is -0.267. The number of thiocarbonyl (C=S) groups is 1. The SMILES string of the molecule is CC(C)(C)NC(=O)C1CC(=S)c2c([nH]c(-c3ccncc3)c2Nc2ccccc2)C1. The Kier molecular flexibility index (Phi) is 5.43. The topological polar surface area (TPSA) is 69.8 Å². The first-order valence-corrected chi connectivity index (χ1v) is 10.5. The fourth-order valence-corrected chi connectivity index (χ4v) is 4.27. The molecule has 0 bridgehead atoms. The highest BCUT2D eigenvalue weighted by Crippen LogP contribution is 2.40. The smallest absolute Gasteiger partial charge is 0.224 e. The second kappa shape index (κ2) is 8.03. The molecule has 5 nitrogen and oxygen atoms in total. The molecule has 0 saturated heterocycles. The third-order valence-corrected chi connectivity index (χ3v) is 5.49. The van der Waals surface area contributed by atoms with Crippen LogP contribution in [0.2, 0.25) is 0 Å². The van der Waals surface area contributed by atoms with Gasteiger partial charge in [0.25, 0.3) is 0 Å². The van der Waals surface area contributed by atoms with Gasteiger partial charge in [-0.25, -0.2) is 0 Å². The number of pyridine rings is 1. The average molecular weight is 419 g/mol. The van der Waals surface area contributed by atoms with E-state index < -0.39 is 0 Å². The Bertz CT molecular complexity index is 1070. The maximum absolute atomic E-state index is 12.8. The van der Waals surface area contributed by atoms with Crippen molar-refractivity contribution in [2.75, 3.05) is 5.32 Å². The molecule has 1 atom stereocenters. The number of carbonyl (C=O) groups is 1. The summed E-state index contributed by atoms with van der Waals surface area (Å²) < 4.78 is 0. The van der Waals surface area contributed by atoms with Gasteiger partial charge in [-0.15, -0.1) is 0 Å². The zero-order valence-corrected chi connectivity index (χ0v) is 18.3. The summed E-state index contributed by atoms with van der Waals surface area (Å²) in [6.07, 6.45) is 4.76. The number of nitrogens with zero attached hydrogens (tertiary/aromatic N) is 1. The van der Waals surface area contributed by atoms with Crippen molar-refractivity contribution in [1.29, 1.82) is 0 Å². The van der Waals surface area contributed by atoms with Gasteiger partial charge in [-0.3, -0.25) is 9.78 Å². The van der Waals surface area contributed by atoms with Gasteiger partial charge in [0.15, 0.2) is 0 Å². The monoisotopic (exact) mass is 418 g/mol. The lowest BCUT2D eigenvalue weighted by atomic mass is 9.86. The van der Waals surface area contributed by atoms with Crippen LogP contribution in [0.25, 0.3) is 11.3 Å². The molecule has 1 amide bonds. The van der Waals surface area contributed by atoms with Crippen LogP contribution in [0, 0.1) is 5.92 Å². The van der Waals surface area contributed by atoms with Crippen LogP contribution in [0.1, 0.15) is 38.4 Å². The number of anilines is 2. The van der Waals surface area contributed by atoms with E-state index in [-0.39, 0.29) is 17.4 Å². The van der Waals surface area contributed by atoms with Crippen molar-refractivity contribution in [1.82, 2.24) is 15.3 Å². The van der Waals surface area contributed by atoms with Crippen LogP contribution in [0.3, 0.4) is 0 Å². The zero-order chi connectivity index (χ0) is 21.3. The lowest BCUT2D eigenvalue weighted by Crippen LogP contribution is -2.45. The third-order valence-electron chi connectivity index (χ3n) is 5.12. The largest absolute Gasteiger partial charge is 0.356 e. The summed E-state index contributed by atoms with van der Waals surface area (Å²) in [7, 11) is 0. The van der Waals surface area contributed by atoms with Gasteiger partial charge in [-0.05, 0) is 51.5 Å². The number of carbonyl (C=O) groups excluding carboxylic acids is 1. The van der Waals surface area contributed by atoms with Crippen molar-refractivity contribution in [2.45, 2.75) is 39.2 Å². The maximum atomic E-state index is 12.8. The zero-order valence-electron chi connectivity index (χ0n) is 17.5. The lowest BCUT2D eigenvalue weighted by Gasteiger charge is -2.27. The highest BCUT2D eigenvalue weighted by Gasteiger charge is 2.33. The van der Waals surface area contributed by atoms with E-state index in [1.807, 2.05) is 63.2 Å². The van der Waals surface area contributed by atoms with Gasteiger partial charge in [0.05, 0.1) is 11.4 Å². The Morgan fingerprint density at radius 2 is 1.80 bits per heavy atom. The summed E-state index contributed by atoms with van der Waals surface area (Å²) in [4.78, 5) is 21.3. The number of para-hydroxylation sites is 1. The second-order valence-electron chi connectivity index (χ2n) is 8.72. The molecule has 1 unspecified atom stereocenters. The molecule has 2 heterocycles. The van der Waals surface area contributed by atoms with Gasteiger partial charge in [0.1, 0.15) is 0 Å². The molecule has 154 valence electrons. The number of aromatic amines is 1. The minimum Gasteiger partial charge on any atom is -0.356 e. The molecular weight excluding hydrogens is 392 g/mol. The van der Waals surface area contributed by atoms with Gasteiger partial charge < -0.3 is 15.6 Å². The highest BCUT2D eigenvalue weighted by molar-refractivity contribution is 7.80. The molecular formula is C24H26N4OS. The first-order valence-electron chi connectivity index (χ1n) is 10.1. The molecule has 1 aliphatic rings. The van der Waals surface area contributed by atoms with Gasteiger partial charge in [-0.1, -0.05) is 30.4 Å². The number of H-pyrrole nitrogens is 1. The average Bonchev–Trinajstić information content (AvgIpc) is 3.07. The predicted molar refractivity (Wildman–Crippen MR) is 125 cm³/mol. The molecule has 0 fully saturated rings. The number of amides is 1. The Hall–Kier alpha value is -2.99. The Labute approximate surface area is 182 Å². The number of nitrogens with one attached hydrogen (secondary N) is 3. The van der Waals surface area contributed by atoms with Crippen molar-refractivity contribution >= 4 is 34.4 Å². The van der Waals surface area contributed by atoms with Crippen LogP contribution < -0.4 is 10.6 Å². The first kappa shape index (κ1) is 20.3. The van der Waals surface area contributed by atoms with E-state index in [1.165, 1.54) is 0 Å². The number of hydrogen-bond donors (Lipinski definition) is 3. The van der Waals surface area contributed by atoms with E-state index in [9.17, 15) is 4.79 Å². The molecule has 1 aliphatic carbocycles. The van der Waals surface area contributed by atoms with E-state index in [0.29, 0.717) is 12.8 Å². The molecule has 3 aromatic rings. The standard InChI is InChI=1S/C24H26N4OS/c1-24(2,3)28-23(29)16-13-18-20(19(30)14-16)22(26-17-7-5-4-6-8-17)21(27-18)15-9-11-25-12-10-15/h4-12,16,26-27H,13-14H2,1-3H3,(H,28,29). The van der Waals surface area contributed by atoms with Crippen molar-refractivity contribution in [3.05, 3.63) is 66.1 Å². The molecule has 1 aromatic carbocycles. The molecule has 0 radical (unpaired) electrons.